The zero-order valence-electron chi connectivity index (χ0n) is 9.87. The molecule has 4 nitrogen and oxygen atoms in total. The molecule has 2 N–H and O–H groups in total. The molecule has 1 aliphatic heterocycles. The van der Waals surface area contributed by atoms with Crippen LogP contribution in [-0.2, 0) is 15.0 Å². The number of nitrogens with one attached hydrogen (secondary N) is 1. The van der Waals surface area contributed by atoms with E-state index in [-0.39, 0.29) is 11.4 Å². The number of carboxylic acids is 1. The maximum Gasteiger partial charge on any atom is 0.320 e. The number of hydrogen-bond donors (Lipinski definition) is 2. The Hall–Kier alpha value is -1.62. The summed E-state index contributed by atoms with van der Waals surface area (Å²) in [5.41, 5.74) is -1.55. The molecule has 0 aromatic heterocycles. The highest BCUT2D eigenvalue weighted by Crippen LogP contribution is 2.68. The summed E-state index contributed by atoms with van der Waals surface area (Å²) in [7, 11) is 0. The van der Waals surface area contributed by atoms with Crippen molar-refractivity contribution in [2.45, 2.75) is 18.3 Å². The molecular formula is C13H11ClFNO3. The number of aliphatic carboxylic acids is 1. The summed E-state index contributed by atoms with van der Waals surface area (Å²) in [6.45, 7) is 0.420. The fourth-order valence-corrected chi connectivity index (χ4v) is 3.39. The Morgan fingerprint density at radius 2 is 2.21 bits per heavy atom. The van der Waals surface area contributed by atoms with Gasteiger partial charge < -0.3 is 10.4 Å². The van der Waals surface area contributed by atoms with Gasteiger partial charge in [0.1, 0.15) is 5.82 Å². The number of hydrogen-bond acceptors (Lipinski definition) is 2. The van der Waals surface area contributed by atoms with Crippen LogP contribution in [0.25, 0.3) is 0 Å². The molecular weight excluding hydrogens is 273 g/mol. The molecule has 1 heterocycles. The molecule has 2 unspecified atom stereocenters. The molecule has 0 spiro atoms. The second kappa shape index (κ2) is 3.70. The van der Waals surface area contributed by atoms with Crippen LogP contribution in [0.3, 0.4) is 0 Å². The molecule has 1 saturated carbocycles. The minimum Gasteiger partial charge on any atom is -0.480 e. The summed E-state index contributed by atoms with van der Waals surface area (Å²) >= 11 is 5.75. The molecule has 3 rings (SSSR count). The van der Waals surface area contributed by atoms with Gasteiger partial charge in [-0.3, -0.25) is 9.59 Å². The molecule has 1 aromatic rings. The predicted molar refractivity (Wildman–Crippen MR) is 65.4 cm³/mol. The molecule has 1 aromatic carbocycles. The van der Waals surface area contributed by atoms with Gasteiger partial charge >= 0.3 is 5.97 Å². The minimum absolute atomic E-state index is 0.0518. The molecule has 2 fully saturated rings. The van der Waals surface area contributed by atoms with Gasteiger partial charge in [0.15, 0.2) is 5.41 Å². The Labute approximate surface area is 113 Å². The van der Waals surface area contributed by atoms with Gasteiger partial charge in [0.2, 0.25) is 5.91 Å². The van der Waals surface area contributed by atoms with Crippen LogP contribution in [0, 0.1) is 11.2 Å². The molecule has 0 bridgehead atoms. The SMILES string of the molecule is O=C(O)C12CC1(c1ccc(F)c(Cl)c1)CCNC2=O. The largest absolute Gasteiger partial charge is 0.480 e. The first-order valence-electron chi connectivity index (χ1n) is 5.91. The average molecular weight is 284 g/mol. The minimum atomic E-state index is -1.42. The predicted octanol–water partition coefficient (Wildman–Crippen LogP) is 1.71. The summed E-state index contributed by atoms with van der Waals surface area (Å²) in [5, 5.41) is 11.9. The van der Waals surface area contributed by atoms with Crippen molar-refractivity contribution in [1.82, 2.24) is 5.32 Å². The van der Waals surface area contributed by atoms with E-state index in [1.165, 1.54) is 18.2 Å². The molecule has 2 atom stereocenters. The average Bonchev–Trinajstić information content (AvgIpc) is 3.06. The Bertz CT molecular complexity index is 606. The van der Waals surface area contributed by atoms with Crippen LogP contribution in [0.15, 0.2) is 18.2 Å². The molecule has 0 radical (unpaired) electrons. The van der Waals surface area contributed by atoms with E-state index in [1.807, 2.05) is 0 Å². The van der Waals surface area contributed by atoms with E-state index in [9.17, 15) is 19.1 Å². The standard InChI is InChI=1S/C13H11ClFNO3/c14-8-5-7(1-2-9(8)15)12-3-4-16-10(17)13(12,6-12)11(18)19/h1-2,5H,3-4,6H2,(H,16,17)(H,18,19). The van der Waals surface area contributed by atoms with E-state index in [4.69, 9.17) is 11.6 Å². The summed E-state index contributed by atoms with van der Waals surface area (Å²) in [6, 6.07) is 4.16. The quantitative estimate of drug-likeness (QED) is 0.812. The highest BCUT2D eigenvalue weighted by atomic mass is 35.5. The van der Waals surface area contributed by atoms with Gasteiger partial charge in [-0.2, -0.15) is 0 Å². The lowest BCUT2D eigenvalue weighted by molar-refractivity contribution is -0.151. The lowest BCUT2D eigenvalue weighted by Crippen LogP contribution is -2.47. The molecule has 6 heteroatoms. The molecule has 1 saturated heterocycles. The molecule has 1 amide bonds. The van der Waals surface area contributed by atoms with E-state index in [0.717, 1.165) is 0 Å². The van der Waals surface area contributed by atoms with Gasteiger partial charge in [-0.05, 0) is 30.5 Å². The van der Waals surface area contributed by atoms with Crippen molar-refractivity contribution in [2.75, 3.05) is 6.54 Å². The van der Waals surface area contributed by atoms with Crippen LogP contribution in [0.2, 0.25) is 5.02 Å². The topological polar surface area (TPSA) is 66.4 Å². The Balaban J connectivity index is 2.11. The van der Waals surface area contributed by atoms with Gasteiger partial charge in [0.25, 0.3) is 0 Å². The van der Waals surface area contributed by atoms with Crippen LogP contribution in [0.4, 0.5) is 4.39 Å². The molecule has 2 aliphatic rings. The summed E-state index contributed by atoms with van der Waals surface area (Å²) in [6.07, 6.45) is 0.760. The number of fused-ring (bicyclic) bond motifs is 1. The van der Waals surface area contributed by atoms with Crippen molar-refractivity contribution in [3.05, 3.63) is 34.6 Å². The summed E-state index contributed by atoms with van der Waals surface area (Å²) in [4.78, 5) is 23.4. The van der Waals surface area contributed by atoms with Crippen LogP contribution >= 0.6 is 11.6 Å². The monoisotopic (exact) mass is 283 g/mol. The first-order chi connectivity index (χ1) is 8.94. The summed E-state index contributed by atoms with van der Waals surface area (Å²) < 4.78 is 13.2. The van der Waals surface area contributed by atoms with Crippen LogP contribution in [-0.4, -0.2) is 23.5 Å². The zero-order valence-corrected chi connectivity index (χ0v) is 10.6. The number of rotatable bonds is 2. The van der Waals surface area contributed by atoms with Crippen molar-refractivity contribution < 1.29 is 19.1 Å². The van der Waals surface area contributed by atoms with E-state index >= 15 is 0 Å². The number of carbonyl (C=O) groups is 2. The van der Waals surface area contributed by atoms with Crippen LogP contribution < -0.4 is 5.32 Å². The number of carboxylic acid groups (broad SMARTS) is 1. The third-order valence-electron chi connectivity index (χ3n) is 4.32. The van der Waals surface area contributed by atoms with Gasteiger partial charge in [0, 0.05) is 12.0 Å². The van der Waals surface area contributed by atoms with Crippen LogP contribution in [0.1, 0.15) is 18.4 Å². The maximum absolute atomic E-state index is 13.2. The highest BCUT2D eigenvalue weighted by Gasteiger charge is 2.78. The second-order valence-corrected chi connectivity index (χ2v) is 5.51. The lowest BCUT2D eigenvalue weighted by atomic mass is 9.80. The second-order valence-electron chi connectivity index (χ2n) is 5.10. The van der Waals surface area contributed by atoms with Crippen LogP contribution in [0.5, 0.6) is 0 Å². The first-order valence-corrected chi connectivity index (χ1v) is 6.29. The molecule has 19 heavy (non-hydrogen) atoms. The fourth-order valence-electron chi connectivity index (χ4n) is 3.21. The number of amides is 1. The van der Waals surface area contributed by atoms with Gasteiger partial charge in [-0.15, -0.1) is 0 Å². The van der Waals surface area contributed by atoms with E-state index in [0.29, 0.717) is 18.5 Å². The van der Waals surface area contributed by atoms with Gasteiger partial charge in [0.05, 0.1) is 5.02 Å². The van der Waals surface area contributed by atoms with Crippen molar-refractivity contribution >= 4 is 23.5 Å². The first kappa shape index (κ1) is 12.4. The van der Waals surface area contributed by atoms with Crippen molar-refractivity contribution in [1.29, 1.82) is 0 Å². The Kier molecular flexibility index (Phi) is 2.41. The fraction of sp³-hybridized carbons (Fsp3) is 0.385. The summed E-state index contributed by atoms with van der Waals surface area (Å²) in [5.74, 6) is -2.15. The van der Waals surface area contributed by atoms with Gasteiger partial charge in [-0.25, -0.2) is 4.39 Å². The number of halogens is 2. The third kappa shape index (κ3) is 1.39. The van der Waals surface area contributed by atoms with Crippen molar-refractivity contribution in [2.24, 2.45) is 5.41 Å². The maximum atomic E-state index is 13.2. The number of benzene rings is 1. The number of piperidine rings is 1. The van der Waals surface area contributed by atoms with Crippen molar-refractivity contribution in [3.63, 3.8) is 0 Å². The smallest absolute Gasteiger partial charge is 0.320 e. The zero-order chi connectivity index (χ0) is 13.8. The highest BCUT2D eigenvalue weighted by molar-refractivity contribution is 6.30. The lowest BCUT2D eigenvalue weighted by Gasteiger charge is -2.28. The molecule has 1 aliphatic carbocycles. The van der Waals surface area contributed by atoms with E-state index < -0.39 is 28.5 Å². The normalized spacial score (nSPS) is 32.4. The third-order valence-corrected chi connectivity index (χ3v) is 4.61. The van der Waals surface area contributed by atoms with Crippen molar-refractivity contribution in [3.8, 4) is 0 Å². The van der Waals surface area contributed by atoms with E-state index in [2.05, 4.69) is 5.32 Å². The van der Waals surface area contributed by atoms with E-state index in [1.54, 1.807) is 0 Å². The Morgan fingerprint density at radius 3 is 2.84 bits per heavy atom. The molecule has 100 valence electrons. The van der Waals surface area contributed by atoms with Gasteiger partial charge in [-0.1, -0.05) is 17.7 Å². The number of carbonyl (C=O) groups excluding carboxylic acids is 1. The Morgan fingerprint density at radius 1 is 1.47 bits per heavy atom.